The van der Waals surface area contributed by atoms with Crippen molar-refractivity contribution in [2.75, 3.05) is 19.1 Å². The van der Waals surface area contributed by atoms with E-state index in [0.717, 1.165) is 5.39 Å². The number of hydrogen-bond acceptors (Lipinski definition) is 5. The molecule has 2 aromatic rings. The van der Waals surface area contributed by atoms with Crippen molar-refractivity contribution in [3.63, 3.8) is 0 Å². The molecule has 106 valence electrons. The summed E-state index contributed by atoms with van der Waals surface area (Å²) in [6, 6.07) is 9.00. The van der Waals surface area contributed by atoms with Crippen molar-refractivity contribution >= 4 is 22.6 Å². The highest BCUT2D eigenvalue weighted by molar-refractivity contribution is 6.07. The number of carbonyl (C=O) groups is 1. The van der Waals surface area contributed by atoms with E-state index in [1.165, 1.54) is 0 Å². The molecule has 1 aromatic carbocycles. The summed E-state index contributed by atoms with van der Waals surface area (Å²) >= 11 is 0. The molecular formula is C14H18N4O2. The van der Waals surface area contributed by atoms with Crippen LogP contribution in [0.5, 0.6) is 0 Å². The third-order valence-corrected chi connectivity index (χ3v) is 2.90. The Bertz CT molecular complexity index is 615. The van der Waals surface area contributed by atoms with Crippen LogP contribution in [0.1, 0.15) is 17.3 Å². The number of nitrogens with two attached hydrogens (primary N) is 1. The molecule has 6 nitrogen and oxygen atoms in total. The largest absolute Gasteiger partial charge is 0.383 e. The van der Waals surface area contributed by atoms with E-state index in [1.54, 1.807) is 13.2 Å². The number of anilines is 1. The summed E-state index contributed by atoms with van der Waals surface area (Å²) < 4.78 is 5.01. The van der Waals surface area contributed by atoms with Gasteiger partial charge in [-0.3, -0.25) is 4.79 Å². The van der Waals surface area contributed by atoms with Gasteiger partial charge in [-0.1, -0.05) is 18.2 Å². The lowest BCUT2D eigenvalue weighted by molar-refractivity contribution is 0.0907. The number of nitrogen functional groups attached to an aromatic ring is 1. The summed E-state index contributed by atoms with van der Waals surface area (Å²) in [6.07, 6.45) is 0. The van der Waals surface area contributed by atoms with Gasteiger partial charge in [0.25, 0.3) is 5.91 Å². The lowest BCUT2D eigenvalue weighted by Gasteiger charge is -2.14. The number of nitrogens with zero attached hydrogens (tertiary/aromatic N) is 1. The predicted molar refractivity (Wildman–Crippen MR) is 78.4 cm³/mol. The highest BCUT2D eigenvalue weighted by Crippen LogP contribution is 2.20. The van der Waals surface area contributed by atoms with Crippen LogP contribution in [0.3, 0.4) is 0 Å². The molecule has 6 heteroatoms. The highest BCUT2D eigenvalue weighted by Gasteiger charge is 2.14. The molecule has 0 aliphatic heterocycles. The maximum atomic E-state index is 12.3. The van der Waals surface area contributed by atoms with E-state index in [-0.39, 0.29) is 11.9 Å². The Morgan fingerprint density at radius 1 is 1.45 bits per heavy atom. The first-order valence-electron chi connectivity index (χ1n) is 6.32. The molecule has 0 aliphatic carbocycles. The van der Waals surface area contributed by atoms with Crippen LogP contribution in [0.4, 0.5) is 5.82 Å². The summed E-state index contributed by atoms with van der Waals surface area (Å²) in [6.45, 7) is 2.34. The molecule has 0 saturated heterocycles. The van der Waals surface area contributed by atoms with Gasteiger partial charge in [-0.15, -0.1) is 0 Å². The average Bonchev–Trinajstić information content (AvgIpc) is 2.46. The van der Waals surface area contributed by atoms with E-state index in [9.17, 15) is 4.79 Å². The zero-order valence-corrected chi connectivity index (χ0v) is 11.5. The fourth-order valence-corrected chi connectivity index (χ4v) is 2.03. The lowest BCUT2D eigenvalue weighted by Crippen LogP contribution is -2.35. The van der Waals surface area contributed by atoms with Gasteiger partial charge in [0.1, 0.15) is 5.82 Å². The number of methoxy groups -OCH3 is 1. The number of pyridine rings is 1. The molecule has 0 spiro atoms. The van der Waals surface area contributed by atoms with Gasteiger partial charge in [0, 0.05) is 18.5 Å². The second-order valence-electron chi connectivity index (χ2n) is 4.55. The number of hydrazine groups is 1. The van der Waals surface area contributed by atoms with Crippen LogP contribution in [0, 0.1) is 0 Å². The minimum Gasteiger partial charge on any atom is -0.383 e. The van der Waals surface area contributed by atoms with E-state index in [1.807, 2.05) is 31.2 Å². The monoisotopic (exact) mass is 274 g/mol. The van der Waals surface area contributed by atoms with E-state index in [4.69, 9.17) is 10.6 Å². The summed E-state index contributed by atoms with van der Waals surface area (Å²) in [5, 5.41) is 3.67. The van der Waals surface area contributed by atoms with Crippen LogP contribution in [0.15, 0.2) is 30.3 Å². The minimum absolute atomic E-state index is 0.0753. The van der Waals surface area contributed by atoms with Crippen LogP contribution in [0.25, 0.3) is 10.9 Å². The van der Waals surface area contributed by atoms with Gasteiger partial charge in [0.2, 0.25) is 0 Å². The van der Waals surface area contributed by atoms with Crippen molar-refractivity contribution < 1.29 is 9.53 Å². The maximum Gasteiger partial charge on any atom is 0.252 e. The number of amides is 1. The Balaban J connectivity index is 2.39. The van der Waals surface area contributed by atoms with Crippen LogP contribution in [-0.4, -0.2) is 30.6 Å². The second kappa shape index (κ2) is 6.31. The smallest absolute Gasteiger partial charge is 0.252 e. The number of ether oxygens (including phenoxy) is 1. The Morgan fingerprint density at radius 3 is 2.90 bits per heavy atom. The molecule has 2 rings (SSSR count). The summed E-state index contributed by atoms with van der Waals surface area (Å²) in [4.78, 5) is 16.7. The van der Waals surface area contributed by atoms with E-state index >= 15 is 0 Å². The number of para-hydroxylation sites is 1. The Hall–Kier alpha value is -2.18. The van der Waals surface area contributed by atoms with Crippen molar-refractivity contribution in [2.45, 2.75) is 13.0 Å². The number of aromatic nitrogens is 1. The molecule has 1 aromatic heterocycles. The first-order valence-corrected chi connectivity index (χ1v) is 6.32. The Kier molecular flexibility index (Phi) is 4.49. The van der Waals surface area contributed by atoms with Gasteiger partial charge in [-0.05, 0) is 19.1 Å². The molecule has 1 atom stereocenters. The second-order valence-corrected chi connectivity index (χ2v) is 4.55. The fourth-order valence-electron chi connectivity index (χ4n) is 2.03. The number of benzene rings is 1. The van der Waals surface area contributed by atoms with Gasteiger partial charge in [0.15, 0.2) is 0 Å². The number of hydrogen-bond donors (Lipinski definition) is 3. The van der Waals surface area contributed by atoms with Crippen molar-refractivity contribution in [1.82, 2.24) is 10.3 Å². The predicted octanol–water partition coefficient (Wildman–Crippen LogP) is 1.29. The van der Waals surface area contributed by atoms with Gasteiger partial charge >= 0.3 is 0 Å². The number of carbonyl (C=O) groups excluding carboxylic acids is 1. The SMILES string of the molecule is COCC(C)NC(=O)c1cc(NN)nc2ccccc12. The molecule has 0 fully saturated rings. The zero-order valence-electron chi connectivity index (χ0n) is 11.5. The summed E-state index contributed by atoms with van der Waals surface area (Å²) in [5.74, 6) is 5.67. The third kappa shape index (κ3) is 3.04. The molecule has 0 saturated carbocycles. The van der Waals surface area contributed by atoms with Gasteiger partial charge in [0.05, 0.1) is 17.7 Å². The average molecular weight is 274 g/mol. The van der Waals surface area contributed by atoms with Crippen molar-refractivity contribution in [1.29, 1.82) is 0 Å². The molecule has 20 heavy (non-hydrogen) atoms. The van der Waals surface area contributed by atoms with E-state index in [2.05, 4.69) is 15.7 Å². The quantitative estimate of drug-likeness (QED) is 0.564. The number of nitrogens with one attached hydrogen (secondary N) is 2. The molecule has 0 bridgehead atoms. The van der Waals surface area contributed by atoms with Crippen molar-refractivity contribution in [3.8, 4) is 0 Å². The lowest BCUT2D eigenvalue weighted by atomic mass is 10.1. The summed E-state index contributed by atoms with van der Waals surface area (Å²) in [5.41, 5.74) is 3.73. The van der Waals surface area contributed by atoms with Crippen molar-refractivity contribution in [3.05, 3.63) is 35.9 Å². The van der Waals surface area contributed by atoms with Crippen molar-refractivity contribution in [2.24, 2.45) is 5.84 Å². The Labute approximate surface area is 117 Å². The molecule has 0 radical (unpaired) electrons. The first-order chi connectivity index (χ1) is 9.65. The van der Waals surface area contributed by atoms with E-state index in [0.29, 0.717) is 23.5 Å². The zero-order chi connectivity index (χ0) is 14.5. The van der Waals surface area contributed by atoms with Crippen LogP contribution in [-0.2, 0) is 4.74 Å². The van der Waals surface area contributed by atoms with Gasteiger partial charge in [-0.2, -0.15) is 0 Å². The van der Waals surface area contributed by atoms with E-state index < -0.39 is 0 Å². The molecule has 4 N–H and O–H groups in total. The minimum atomic E-state index is -0.176. The fraction of sp³-hybridized carbons (Fsp3) is 0.286. The topological polar surface area (TPSA) is 89.3 Å². The number of rotatable bonds is 5. The third-order valence-electron chi connectivity index (χ3n) is 2.90. The molecule has 1 amide bonds. The molecule has 1 unspecified atom stereocenters. The van der Waals surface area contributed by atoms with Crippen LogP contribution < -0.4 is 16.6 Å². The summed E-state index contributed by atoms with van der Waals surface area (Å²) in [7, 11) is 1.60. The van der Waals surface area contributed by atoms with Crippen LogP contribution >= 0.6 is 0 Å². The first kappa shape index (κ1) is 14.2. The molecule has 0 aliphatic rings. The van der Waals surface area contributed by atoms with Gasteiger partial charge < -0.3 is 15.5 Å². The Morgan fingerprint density at radius 2 is 2.20 bits per heavy atom. The maximum absolute atomic E-state index is 12.3. The standard InChI is InChI=1S/C14H18N4O2/c1-9(8-20-2)16-14(19)11-7-13(18-15)17-12-6-4-3-5-10(11)12/h3-7,9H,8,15H2,1-2H3,(H,16,19)(H,17,18). The molecular weight excluding hydrogens is 256 g/mol. The highest BCUT2D eigenvalue weighted by atomic mass is 16.5. The van der Waals surface area contributed by atoms with Gasteiger partial charge in [-0.25, -0.2) is 10.8 Å². The number of fused-ring (bicyclic) bond motifs is 1. The normalized spacial score (nSPS) is 12.2. The van der Waals surface area contributed by atoms with Crippen LogP contribution in [0.2, 0.25) is 0 Å². The molecule has 1 heterocycles.